The number of hydrogen-bond donors (Lipinski definition) is 1. The summed E-state index contributed by atoms with van der Waals surface area (Å²) in [5.41, 5.74) is 3.40. The molecule has 4 nitrogen and oxygen atoms in total. The maximum atomic E-state index is 5.62. The Labute approximate surface area is 115 Å². The monoisotopic (exact) mass is 264 g/mol. The highest BCUT2D eigenvalue weighted by molar-refractivity contribution is 5.68. The zero-order valence-electron chi connectivity index (χ0n) is 12.5. The molecule has 0 aliphatic carbocycles. The number of rotatable bonds is 4. The van der Waals surface area contributed by atoms with Crippen LogP contribution < -0.4 is 19.7 Å². The van der Waals surface area contributed by atoms with Gasteiger partial charge in [0.15, 0.2) is 0 Å². The molecule has 1 aliphatic rings. The standard InChI is InChI=1S/C15H24N2O2/c1-10-11(2)15(19-5)13(8-14(10)18-4)17(3)12-6-7-16-9-12/h8,12,16H,6-7,9H2,1-5H3. The third kappa shape index (κ3) is 2.50. The minimum atomic E-state index is 0.515. The van der Waals surface area contributed by atoms with Gasteiger partial charge in [-0.2, -0.15) is 0 Å². The van der Waals surface area contributed by atoms with Crippen LogP contribution in [0.5, 0.6) is 11.5 Å². The summed E-state index contributed by atoms with van der Waals surface area (Å²) in [6, 6.07) is 2.60. The van der Waals surface area contributed by atoms with Gasteiger partial charge in [0.1, 0.15) is 11.5 Å². The van der Waals surface area contributed by atoms with Crippen molar-refractivity contribution in [1.82, 2.24) is 5.32 Å². The molecule has 1 aromatic rings. The summed E-state index contributed by atoms with van der Waals surface area (Å²) < 4.78 is 11.1. The fourth-order valence-corrected chi connectivity index (χ4v) is 2.74. The van der Waals surface area contributed by atoms with Crippen LogP contribution in [0.4, 0.5) is 5.69 Å². The Hall–Kier alpha value is -1.42. The van der Waals surface area contributed by atoms with E-state index in [4.69, 9.17) is 9.47 Å². The number of methoxy groups -OCH3 is 2. The van der Waals surface area contributed by atoms with E-state index in [1.165, 1.54) is 0 Å². The molecule has 1 heterocycles. The van der Waals surface area contributed by atoms with Gasteiger partial charge in [-0.25, -0.2) is 0 Å². The van der Waals surface area contributed by atoms with E-state index in [-0.39, 0.29) is 0 Å². The quantitative estimate of drug-likeness (QED) is 0.903. The average Bonchev–Trinajstić information content (AvgIpc) is 2.94. The van der Waals surface area contributed by atoms with Crippen LogP contribution in [0.25, 0.3) is 0 Å². The number of benzene rings is 1. The van der Waals surface area contributed by atoms with Gasteiger partial charge < -0.3 is 19.7 Å². The second kappa shape index (κ2) is 5.70. The smallest absolute Gasteiger partial charge is 0.145 e. The highest BCUT2D eigenvalue weighted by atomic mass is 16.5. The van der Waals surface area contributed by atoms with Crippen molar-refractivity contribution in [2.45, 2.75) is 26.3 Å². The van der Waals surface area contributed by atoms with E-state index >= 15 is 0 Å². The number of hydrogen-bond acceptors (Lipinski definition) is 4. The maximum absolute atomic E-state index is 5.62. The first-order valence-corrected chi connectivity index (χ1v) is 6.75. The Balaban J connectivity index is 2.45. The Morgan fingerprint density at radius 2 is 1.95 bits per heavy atom. The summed E-state index contributed by atoms with van der Waals surface area (Å²) in [5.74, 6) is 1.87. The molecule has 19 heavy (non-hydrogen) atoms. The molecule has 1 fully saturated rings. The van der Waals surface area contributed by atoms with Gasteiger partial charge in [0.25, 0.3) is 0 Å². The van der Waals surface area contributed by atoms with Crippen LogP contribution in [0.1, 0.15) is 17.5 Å². The molecule has 4 heteroatoms. The van der Waals surface area contributed by atoms with E-state index in [2.05, 4.69) is 37.2 Å². The van der Waals surface area contributed by atoms with Gasteiger partial charge in [-0.05, 0) is 37.9 Å². The lowest BCUT2D eigenvalue weighted by molar-refractivity contribution is 0.397. The topological polar surface area (TPSA) is 33.7 Å². The highest BCUT2D eigenvalue weighted by Gasteiger charge is 2.24. The molecule has 1 aromatic carbocycles. The van der Waals surface area contributed by atoms with Crippen molar-refractivity contribution in [2.75, 3.05) is 39.3 Å². The first-order valence-electron chi connectivity index (χ1n) is 6.75. The van der Waals surface area contributed by atoms with Crippen molar-refractivity contribution in [1.29, 1.82) is 0 Å². The fourth-order valence-electron chi connectivity index (χ4n) is 2.74. The Morgan fingerprint density at radius 1 is 1.21 bits per heavy atom. The second-order valence-corrected chi connectivity index (χ2v) is 5.14. The molecule has 0 radical (unpaired) electrons. The molecule has 0 saturated carbocycles. The van der Waals surface area contributed by atoms with Crippen molar-refractivity contribution in [3.05, 3.63) is 17.2 Å². The Bertz CT molecular complexity index is 454. The molecule has 0 aromatic heterocycles. The van der Waals surface area contributed by atoms with E-state index in [9.17, 15) is 0 Å². The molecule has 0 amide bonds. The summed E-state index contributed by atoms with van der Waals surface area (Å²) in [5, 5.41) is 3.40. The zero-order chi connectivity index (χ0) is 14.0. The summed E-state index contributed by atoms with van der Waals surface area (Å²) in [6.07, 6.45) is 1.16. The lowest BCUT2D eigenvalue weighted by Crippen LogP contribution is -2.33. The van der Waals surface area contributed by atoms with Gasteiger partial charge in [-0.1, -0.05) is 0 Å². The third-order valence-corrected chi connectivity index (χ3v) is 4.16. The molecule has 106 valence electrons. The van der Waals surface area contributed by atoms with Gasteiger partial charge in [-0.15, -0.1) is 0 Å². The summed E-state index contributed by atoms with van der Waals surface area (Å²) in [4.78, 5) is 2.30. The van der Waals surface area contributed by atoms with E-state index in [1.807, 2.05) is 0 Å². The van der Waals surface area contributed by atoms with Crippen LogP contribution in [0.2, 0.25) is 0 Å². The van der Waals surface area contributed by atoms with Gasteiger partial charge in [-0.3, -0.25) is 0 Å². The van der Waals surface area contributed by atoms with Crippen LogP contribution in [0.15, 0.2) is 6.07 Å². The normalized spacial score (nSPS) is 18.5. The van der Waals surface area contributed by atoms with Crippen molar-refractivity contribution >= 4 is 5.69 Å². The van der Waals surface area contributed by atoms with E-state index in [0.717, 1.165) is 47.8 Å². The first-order chi connectivity index (χ1) is 9.10. The first kappa shape index (κ1) is 14.0. The van der Waals surface area contributed by atoms with Crippen LogP contribution in [-0.4, -0.2) is 40.4 Å². The molecular formula is C15H24N2O2. The summed E-state index contributed by atoms with van der Waals surface area (Å²) in [6.45, 7) is 6.26. The van der Waals surface area contributed by atoms with Crippen molar-refractivity contribution < 1.29 is 9.47 Å². The molecule has 1 N–H and O–H groups in total. The number of likely N-dealkylation sites (N-methyl/N-ethyl adjacent to an activating group) is 1. The van der Waals surface area contributed by atoms with E-state index < -0.39 is 0 Å². The number of nitrogens with one attached hydrogen (secondary N) is 1. The van der Waals surface area contributed by atoms with Crippen LogP contribution in [0.3, 0.4) is 0 Å². The largest absolute Gasteiger partial charge is 0.496 e. The minimum absolute atomic E-state index is 0.515. The zero-order valence-corrected chi connectivity index (χ0v) is 12.5. The Morgan fingerprint density at radius 3 is 2.47 bits per heavy atom. The van der Waals surface area contributed by atoms with Crippen molar-refractivity contribution in [3.8, 4) is 11.5 Å². The fraction of sp³-hybridized carbons (Fsp3) is 0.600. The van der Waals surface area contributed by atoms with Crippen LogP contribution in [-0.2, 0) is 0 Å². The van der Waals surface area contributed by atoms with Crippen molar-refractivity contribution in [3.63, 3.8) is 0 Å². The molecule has 0 spiro atoms. The van der Waals surface area contributed by atoms with Crippen molar-refractivity contribution in [2.24, 2.45) is 0 Å². The number of ether oxygens (including phenoxy) is 2. The average molecular weight is 264 g/mol. The number of nitrogens with zero attached hydrogens (tertiary/aromatic N) is 1. The summed E-state index contributed by atoms with van der Waals surface area (Å²) in [7, 11) is 5.58. The second-order valence-electron chi connectivity index (χ2n) is 5.14. The molecular weight excluding hydrogens is 240 g/mol. The Kier molecular flexibility index (Phi) is 4.20. The summed E-state index contributed by atoms with van der Waals surface area (Å²) >= 11 is 0. The number of anilines is 1. The van der Waals surface area contributed by atoms with Gasteiger partial charge in [0.05, 0.1) is 19.9 Å². The predicted molar refractivity (Wildman–Crippen MR) is 78.7 cm³/mol. The molecule has 1 unspecified atom stereocenters. The molecule has 2 rings (SSSR count). The molecule has 1 atom stereocenters. The van der Waals surface area contributed by atoms with Gasteiger partial charge >= 0.3 is 0 Å². The molecule has 0 bridgehead atoms. The van der Waals surface area contributed by atoms with Gasteiger partial charge in [0.2, 0.25) is 0 Å². The van der Waals surface area contributed by atoms with E-state index in [1.54, 1.807) is 14.2 Å². The van der Waals surface area contributed by atoms with Crippen LogP contribution >= 0.6 is 0 Å². The minimum Gasteiger partial charge on any atom is -0.496 e. The maximum Gasteiger partial charge on any atom is 0.145 e. The van der Waals surface area contributed by atoms with Crippen LogP contribution in [0, 0.1) is 13.8 Å². The SMILES string of the molecule is COc1cc(N(C)C2CCNC2)c(OC)c(C)c1C. The molecule has 1 aliphatic heterocycles. The lowest BCUT2D eigenvalue weighted by atomic mass is 10.0. The highest BCUT2D eigenvalue weighted by Crippen LogP contribution is 2.39. The lowest BCUT2D eigenvalue weighted by Gasteiger charge is -2.29. The third-order valence-electron chi connectivity index (χ3n) is 4.16. The molecule has 1 saturated heterocycles. The predicted octanol–water partition coefficient (Wildman–Crippen LogP) is 2.12. The van der Waals surface area contributed by atoms with Gasteiger partial charge in [0, 0.05) is 25.7 Å². The van der Waals surface area contributed by atoms with E-state index in [0.29, 0.717) is 6.04 Å².